The van der Waals surface area contributed by atoms with Gasteiger partial charge in [0.15, 0.2) is 8.32 Å². The van der Waals surface area contributed by atoms with Crippen LogP contribution in [0.15, 0.2) is 18.2 Å². The fraction of sp³-hybridized carbons (Fsp3) is 0.538. The zero-order valence-electron chi connectivity index (χ0n) is 12.0. The molecule has 0 amide bonds. The second-order valence-corrected chi connectivity index (χ2v) is 10.9. The fourth-order valence-electron chi connectivity index (χ4n) is 1.27. The lowest BCUT2D eigenvalue weighted by atomic mass is 10.2. The Morgan fingerprint density at radius 3 is 2.37 bits per heavy atom. The van der Waals surface area contributed by atoms with Crippen molar-refractivity contribution in [3.05, 3.63) is 39.7 Å². The lowest BCUT2D eigenvalue weighted by molar-refractivity contribution is -0.387. The predicted octanol–water partition coefficient (Wildman–Crippen LogP) is 4.26. The SMILES string of the molecule is CC(C)(C)[Si](C)(C)OCc1ccc([N+](=O)[O-])c(F)c1. The summed E-state index contributed by atoms with van der Waals surface area (Å²) in [4.78, 5) is 9.79. The highest BCUT2D eigenvalue weighted by molar-refractivity contribution is 6.74. The van der Waals surface area contributed by atoms with Crippen molar-refractivity contribution in [3.63, 3.8) is 0 Å². The molecule has 0 aromatic heterocycles. The molecule has 0 radical (unpaired) electrons. The number of nitrogens with zero attached hydrogens (tertiary/aromatic N) is 1. The second-order valence-electron chi connectivity index (χ2n) is 6.09. The van der Waals surface area contributed by atoms with Crippen molar-refractivity contribution >= 4 is 14.0 Å². The third-order valence-corrected chi connectivity index (χ3v) is 8.09. The second kappa shape index (κ2) is 5.38. The minimum atomic E-state index is -1.90. The molecule has 19 heavy (non-hydrogen) atoms. The molecule has 0 saturated heterocycles. The van der Waals surface area contributed by atoms with Crippen molar-refractivity contribution in [1.29, 1.82) is 0 Å². The summed E-state index contributed by atoms with van der Waals surface area (Å²) < 4.78 is 19.4. The average molecular weight is 285 g/mol. The third kappa shape index (κ3) is 3.84. The van der Waals surface area contributed by atoms with Crippen LogP contribution in [0, 0.1) is 15.9 Å². The van der Waals surface area contributed by atoms with Gasteiger partial charge in [-0.15, -0.1) is 0 Å². The van der Waals surface area contributed by atoms with E-state index in [0.717, 1.165) is 0 Å². The average Bonchev–Trinajstić information content (AvgIpc) is 2.24. The van der Waals surface area contributed by atoms with Crippen LogP contribution in [0.3, 0.4) is 0 Å². The molecule has 0 aliphatic heterocycles. The summed E-state index contributed by atoms with van der Waals surface area (Å²) in [6, 6.07) is 3.89. The van der Waals surface area contributed by atoms with E-state index < -0.39 is 24.7 Å². The molecule has 0 saturated carbocycles. The Labute approximate surface area is 113 Å². The largest absolute Gasteiger partial charge is 0.413 e. The van der Waals surface area contributed by atoms with Crippen LogP contribution in [-0.2, 0) is 11.0 Å². The summed E-state index contributed by atoms with van der Waals surface area (Å²) in [6.45, 7) is 10.9. The first-order chi connectivity index (χ1) is 8.54. The number of benzene rings is 1. The normalized spacial score (nSPS) is 12.5. The number of halogens is 1. The molecule has 0 aliphatic carbocycles. The summed E-state index contributed by atoms with van der Waals surface area (Å²) in [7, 11) is -1.90. The van der Waals surface area contributed by atoms with Gasteiger partial charge in [-0.1, -0.05) is 20.8 Å². The molecule has 0 atom stereocenters. The number of hydrogen-bond acceptors (Lipinski definition) is 3. The molecule has 106 valence electrons. The molecule has 0 unspecified atom stereocenters. The Bertz CT molecular complexity index is 483. The van der Waals surface area contributed by atoms with E-state index in [-0.39, 0.29) is 11.6 Å². The lowest BCUT2D eigenvalue weighted by Crippen LogP contribution is -2.40. The molecule has 0 fully saturated rings. The Morgan fingerprint density at radius 2 is 1.95 bits per heavy atom. The minimum Gasteiger partial charge on any atom is -0.413 e. The van der Waals surface area contributed by atoms with Gasteiger partial charge in [0.1, 0.15) is 0 Å². The molecule has 1 rings (SSSR count). The van der Waals surface area contributed by atoms with Gasteiger partial charge in [-0.3, -0.25) is 10.1 Å². The van der Waals surface area contributed by atoms with Gasteiger partial charge in [0, 0.05) is 6.07 Å². The van der Waals surface area contributed by atoms with Crippen molar-refractivity contribution in [3.8, 4) is 0 Å². The zero-order valence-corrected chi connectivity index (χ0v) is 13.0. The van der Waals surface area contributed by atoms with E-state index in [0.29, 0.717) is 5.56 Å². The van der Waals surface area contributed by atoms with Crippen LogP contribution in [0.2, 0.25) is 18.1 Å². The quantitative estimate of drug-likeness (QED) is 0.472. The molecule has 1 aromatic rings. The molecule has 4 nitrogen and oxygen atoms in total. The molecule has 0 spiro atoms. The monoisotopic (exact) mass is 285 g/mol. The van der Waals surface area contributed by atoms with Crippen LogP contribution in [0.1, 0.15) is 26.3 Å². The topological polar surface area (TPSA) is 52.4 Å². The molecule has 0 N–H and O–H groups in total. The Hall–Kier alpha value is -1.27. The van der Waals surface area contributed by atoms with Gasteiger partial charge in [-0.05, 0) is 35.8 Å². The standard InChI is InChI=1S/C13H20FNO3Si/c1-13(2,3)19(4,5)18-9-10-6-7-12(15(16)17)11(14)8-10/h6-8H,9H2,1-5H3. The van der Waals surface area contributed by atoms with Gasteiger partial charge in [0.25, 0.3) is 0 Å². The van der Waals surface area contributed by atoms with E-state index in [4.69, 9.17) is 4.43 Å². The van der Waals surface area contributed by atoms with Gasteiger partial charge >= 0.3 is 5.69 Å². The van der Waals surface area contributed by atoms with Crippen molar-refractivity contribution < 1.29 is 13.7 Å². The van der Waals surface area contributed by atoms with E-state index in [2.05, 4.69) is 33.9 Å². The van der Waals surface area contributed by atoms with E-state index >= 15 is 0 Å². The van der Waals surface area contributed by atoms with Gasteiger partial charge < -0.3 is 4.43 Å². The van der Waals surface area contributed by atoms with Crippen LogP contribution < -0.4 is 0 Å². The Kier molecular flexibility index (Phi) is 4.47. The first-order valence-electron chi connectivity index (χ1n) is 6.11. The van der Waals surface area contributed by atoms with Crippen LogP contribution >= 0.6 is 0 Å². The van der Waals surface area contributed by atoms with Gasteiger partial charge in [0.2, 0.25) is 5.82 Å². The van der Waals surface area contributed by atoms with Gasteiger partial charge in [-0.2, -0.15) is 4.39 Å². The molecule has 0 heterocycles. The molecule has 0 bridgehead atoms. The van der Waals surface area contributed by atoms with Crippen LogP contribution in [0.25, 0.3) is 0 Å². The lowest BCUT2D eigenvalue weighted by Gasteiger charge is -2.36. The maximum absolute atomic E-state index is 13.5. The molecule has 1 aromatic carbocycles. The van der Waals surface area contributed by atoms with E-state index in [1.807, 2.05) is 0 Å². The molecule has 0 aliphatic rings. The van der Waals surface area contributed by atoms with Crippen molar-refractivity contribution in [2.24, 2.45) is 0 Å². The molecule has 6 heteroatoms. The summed E-state index contributed by atoms with van der Waals surface area (Å²) in [6.07, 6.45) is 0. The van der Waals surface area contributed by atoms with Crippen molar-refractivity contribution in [2.75, 3.05) is 0 Å². The third-order valence-electron chi connectivity index (χ3n) is 3.61. The van der Waals surface area contributed by atoms with Gasteiger partial charge in [-0.25, -0.2) is 0 Å². The smallest absolute Gasteiger partial charge is 0.304 e. The van der Waals surface area contributed by atoms with Crippen molar-refractivity contribution in [1.82, 2.24) is 0 Å². The predicted molar refractivity (Wildman–Crippen MR) is 75.0 cm³/mol. The zero-order chi connectivity index (χ0) is 14.8. The molecular weight excluding hydrogens is 265 g/mol. The summed E-state index contributed by atoms with van der Waals surface area (Å²) in [5, 5.41) is 10.6. The van der Waals surface area contributed by atoms with Gasteiger partial charge in [0.05, 0.1) is 11.5 Å². The van der Waals surface area contributed by atoms with Crippen LogP contribution in [-0.4, -0.2) is 13.2 Å². The fourth-order valence-corrected chi connectivity index (χ4v) is 2.23. The number of rotatable bonds is 4. The highest BCUT2D eigenvalue weighted by Crippen LogP contribution is 2.37. The highest BCUT2D eigenvalue weighted by Gasteiger charge is 2.37. The summed E-state index contributed by atoms with van der Waals surface area (Å²) in [5.74, 6) is -0.818. The van der Waals surface area contributed by atoms with E-state index in [1.165, 1.54) is 18.2 Å². The maximum Gasteiger partial charge on any atom is 0.304 e. The molecular formula is C13H20FNO3Si. The Morgan fingerprint density at radius 1 is 1.37 bits per heavy atom. The van der Waals surface area contributed by atoms with E-state index in [1.54, 1.807) is 0 Å². The van der Waals surface area contributed by atoms with Crippen LogP contribution in [0.5, 0.6) is 0 Å². The maximum atomic E-state index is 13.5. The van der Waals surface area contributed by atoms with E-state index in [9.17, 15) is 14.5 Å². The minimum absolute atomic E-state index is 0.0757. The first-order valence-corrected chi connectivity index (χ1v) is 9.02. The number of nitro groups is 1. The van der Waals surface area contributed by atoms with Crippen molar-refractivity contribution in [2.45, 2.75) is 45.5 Å². The summed E-state index contributed by atoms with van der Waals surface area (Å²) >= 11 is 0. The Balaban J connectivity index is 2.80. The first kappa shape index (κ1) is 15.8. The van der Waals surface area contributed by atoms with Crippen LogP contribution in [0.4, 0.5) is 10.1 Å². The number of hydrogen-bond donors (Lipinski definition) is 0. The number of nitro benzene ring substituents is 1. The highest BCUT2D eigenvalue weighted by atomic mass is 28.4. The summed E-state index contributed by atoms with van der Waals surface area (Å²) in [5.41, 5.74) is 0.115.